The topological polar surface area (TPSA) is 97.4 Å². The van der Waals surface area contributed by atoms with Crippen molar-refractivity contribution in [3.63, 3.8) is 0 Å². The van der Waals surface area contributed by atoms with Crippen LogP contribution in [0.3, 0.4) is 0 Å². The van der Waals surface area contributed by atoms with Gasteiger partial charge in [0.25, 0.3) is 0 Å². The molecule has 1 heterocycles. The van der Waals surface area contributed by atoms with E-state index in [1.165, 1.54) is 14.2 Å². The molecule has 1 aromatic rings. The van der Waals surface area contributed by atoms with E-state index in [4.69, 9.17) is 4.74 Å². The molecule has 0 aliphatic carbocycles. The van der Waals surface area contributed by atoms with E-state index in [9.17, 15) is 14.4 Å². The number of amides is 2. The first-order chi connectivity index (χ1) is 13.5. The Labute approximate surface area is 174 Å². The van der Waals surface area contributed by atoms with Gasteiger partial charge in [-0.1, -0.05) is 40.7 Å². The summed E-state index contributed by atoms with van der Waals surface area (Å²) in [4.78, 5) is 42.6. The number of anilines is 1. The Balaban J connectivity index is 3.09. The van der Waals surface area contributed by atoms with Crippen LogP contribution in [0, 0.1) is 23.2 Å². The van der Waals surface area contributed by atoms with Gasteiger partial charge in [-0.25, -0.2) is 4.98 Å². The summed E-state index contributed by atoms with van der Waals surface area (Å²) in [6, 6.07) is 5.25. The minimum absolute atomic E-state index is 0.0242. The average molecular weight is 406 g/mol. The van der Waals surface area contributed by atoms with Crippen LogP contribution in [0.5, 0.6) is 0 Å². The Kier molecular flexibility index (Phi) is 9.43. The van der Waals surface area contributed by atoms with Gasteiger partial charge < -0.3 is 15.4 Å². The number of carbonyl (C=O) groups excluding carboxylic acids is 3. The van der Waals surface area contributed by atoms with Gasteiger partial charge in [0, 0.05) is 26.8 Å². The maximum absolute atomic E-state index is 13.3. The Morgan fingerprint density at radius 3 is 2.24 bits per heavy atom. The molecule has 2 amide bonds. The number of nitrogens with zero attached hydrogens (tertiary/aromatic N) is 1. The van der Waals surface area contributed by atoms with Crippen molar-refractivity contribution >= 4 is 23.4 Å². The monoisotopic (exact) mass is 405 g/mol. The lowest BCUT2D eigenvalue weighted by molar-refractivity contribution is -0.143. The number of hydrogen-bond donors (Lipinski definition) is 2. The molecule has 29 heavy (non-hydrogen) atoms. The van der Waals surface area contributed by atoms with E-state index in [1.54, 1.807) is 24.4 Å². The van der Waals surface area contributed by atoms with Crippen molar-refractivity contribution < 1.29 is 19.1 Å². The van der Waals surface area contributed by atoms with Gasteiger partial charge in [0.05, 0.1) is 11.8 Å². The number of methoxy groups -OCH3 is 1. The molecule has 3 atom stereocenters. The number of hydrogen-bond acceptors (Lipinski definition) is 5. The van der Waals surface area contributed by atoms with Crippen LogP contribution in [-0.4, -0.2) is 42.8 Å². The summed E-state index contributed by atoms with van der Waals surface area (Å²) in [5, 5.41) is 5.36. The molecule has 7 nitrogen and oxygen atoms in total. The normalized spacial score (nSPS) is 14.8. The second-order valence-corrected chi connectivity index (χ2v) is 8.80. The molecule has 1 rings (SSSR count). The predicted molar refractivity (Wildman–Crippen MR) is 113 cm³/mol. The van der Waals surface area contributed by atoms with Crippen molar-refractivity contribution in [1.29, 1.82) is 0 Å². The number of ether oxygens (including phenoxy) is 1. The van der Waals surface area contributed by atoms with Crippen LogP contribution in [0.4, 0.5) is 5.82 Å². The third-order valence-electron chi connectivity index (χ3n) is 4.95. The lowest BCUT2D eigenvalue weighted by atomic mass is 9.74. The van der Waals surface area contributed by atoms with Crippen LogP contribution in [-0.2, 0) is 19.1 Å². The molecule has 0 aliphatic rings. The van der Waals surface area contributed by atoms with Gasteiger partial charge >= 0.3 is 0 Å². The van der Waals surface area contributed by atoms with Gasteiger partial charge in [-0.3, -0.25) is 14.4 Å². The van der Waals surface area contributed by atoms with Crippen LogP contribution >= 0.6 is 0 Å². The van der Waals surface area contributed by atoms with Crippen LogP contribution in [0.25, 0.3) is 0 Å². The summed E-state index contributed by atoms with van der Waals surface area (Å²) in [6.07, 6.45) is 1.24. The largest absolute Gasteiger partial charge is 0.371 e. The summed E-state index contributed by atoms with van der Waals surface area (Å²) in [7, 11) is 2.94. The van der Waals surface area contributed by atoms with Gasteiger partial charge in [-0.2, -0.15) is 0 Å². The summed E-state index contributed by atoms with van der Waals surface area (Å²) >= 11 is 0. The highest BCUT2D eigenvalue weighted by Gasteiger charge is 2.39. The fourth-order valence-electron chi connectivity index (χ4n) is 3.32. The van der Waals surface area contributed by atoms with Crippen molar-refractivity contribution in [1.82, 2.24) is 10.3 Å². The van der Waals surface area contributed by atoms with Gasteiger partial charge in [0.2, 0.25) is 11.8 Å². The fourth-order valence-corrected chi connectivity index (χ4v) is 3.32. The third-order valence-corrected chi connectivity index (χ3v) is 4.95. The third kappa shape index (κ3) is 7.57. The Hall–Kier alpha value is -2.28. The number of likely N-dealkylation sites (N-methyl/N-ethyl adjacent to an activating group) is 1. The first kappa shape index (κ1) is 24.8. The molecule has 0 radical (unpaired) electrons. The van der Waals surface area contributed by atoms with Crippen molar-refractivity contribution in [2.45, 2.75) is 53.6 Å². The molecule has 0 aliphatic heterocycles. The number of Topliss-reactive ketones (excluding diaryl/α,β-unsaturated/α-hetero) is 1. The summed E-state index contributed by atoms with van der Waals surface area (Å²) in [5.41, 5.74) is -0.452. The zero-order valence-electron chi connectivity index (χ0n) is 18.6. The number of nitrogens with one attached hydrogen (secondary N) is 2. The molecule has 0 saturated carbocycles. The van der Waals surface area contributed by atoms with E-state index < -0.39 is 23.4 Å². The minimum atomic E-state index is -0.880. The summed E-state index contributed by atoms with van der Waals surface area (Å²) in [6.45, 7) is 9.75. The zero-order chi connectivity index (χ0) is 22.2. The van der Waals surface area contributed by atoms with Gasteiger partial charge in [0.1, 0.15) is 17.7 Å². The SMILES string of the molecule is CNC(=O)[C@@H](OC)[C@@H](CC(C)C)C(=O)C[C@H](C(=O)Nc1ccccn1)C(C)(C)C. The minimum Gasteiger partial charge on any atom is -0.371 e. The fraction of sp³-hybridized carbons (Fsp3) is 0.636. The van der Waals surface area contributed by atoms with Crippen LogP contribution in [0.1, 0.15) is 47.5 Å². The average Bonchev–Trinajstić information content (AvgIpc) is 2.64. The molecule has 0 saturated heterocycles. The van der Waals surface area contributed by atoms with E-state index in [2.05, 4.69) is 15.6 Å². The van der Waals surface area contributed by atoms with Gasteiger partial charge in [0.15, 0.2) is 0 Å². The molecule has 1 aromatic heterocycles. The number of pyridine rings is 1. The first-order valence-electron chi connectivity index (χ1n) is 10.00. The summed E-state index contributed by atoms with van der Waals surface area (Å²) < 4.78 is 5.37. The summed E-state index contributed by atoms with van der Waals surface area (Å²) in [5.74, 6) is -1.30. The second kappa shape index (κ2) is 11.0. The van der Waals surface area contributed by atoms with Crippen LogP contribution < -0.4 is 10.6 Å². The molecule has 0 spiro atoms. The molecule has 162 valence electrons. The van der Waals surface area contributed by atoms with E-state index in [1.807, 2.05) is 34.6 Å². The maximum atomic E-state index is 13.3. The molecular weight excluding hydrogens is 370 g/mol. The molecule has 0 aromatic carbocycles. The molecular formula is C22H35N3O4. The molecule has 0 unspecified atom stereocenters. The predicted octanol–water partition coefficient (Wildman–Crippen LogP) is 3.06. The highest BCUT2D eigenvalue weighted by molar-refractivity contribution is 5.97. The van der Waals surface area contributed by atoms with Crippen LogP contribution in [0.15, 0.2) is 24.4 Å². The number of ketones is 1. The smallest absolute Gasteiger partial charge is 0.249 e. The van der Waals surface area contributed by atoms with E-state index in [0.29, 0.717) is 12.2 Å². The van der Waals surface area contributed by atoms with Gasteiger partial charge in [-0.15, -0.1) is 0 Å². The van der Waals surface area contributed by atoms with Crippen molar-refractivity contribution in [2.75, 3.05) is 19.5 Å². The Morgan fingerprint density at radius 1 is 1.14 bits per heavy atom. The quantitative estimate of drug-likeness (QED) is 0.623. The van der Waals surface area contributed by atoms with Crippen molar-refractivity contribution in [2.24, 2.45) is 23.2 Å². The second-order valence-electron chi connectivity index (χ2n) is 8.80. The molecule has 7 heteroatoms. The number of rotatable bonds is 10. The molecule has 0 fully saturated rings. The standard InChI is InChI=1S/C22H35N3O4/c1-14(2)12-15(19(29-7)21(28)23-6)17(26)13-16(22(3,4)5)20(27)25-18-10-8-9-11-24-18/h8-11,14-16,19H,12-13H2,1-7H3,(H,23,28)(H,24,25,27)/t15-,16+,19-/m0/s1. The first-order valence-corrected chi connectivity index (χ1v) is 10.00. The van der Waals surface area contributed by atoms with Crippen molar-refractivity contribution in [3.05, 3.63) is 24.4 Å². The zero-order valence-corrected chi connectivity index (χ0v) is 18.6. The lowest BCUT2D eigenvalue weighted by Crippen LogP contribution is -2.44. The molecule has 2 N–H and O–H groups in total. The lowest BCUT2D eigenvalue weighted by Gasteiger charge is -2.32. The van der Waals surface area contributed by atoms with Crippen LogP contribution in [0.2, 0.25) is 0 Å². The van der Waals surface area contributed by atoms with E-state index in [-0.39, 0.29) is 29.9 Å². The van der Waals surface area contributed by atoms with Gasteiger partial charge in [-0.05, 0) is 29.9 Å². The highest BCUT2D eigenvalue weighted by atomic mass is 16.5. The highest BCUT2D eigenvalue weighted by Crippen LogP contribution is 2.32. The Bertz CT molecular complexity index is 683. The van der Waals surface area contributed by atoms with Crippen molar-refractivity contribution in [3.8, 4) is 0 Å². The maximum Gasteiger partial charge on any atom is 0.249 e. The molecule has 0 bridgehead atoms. The Morgan fingerprint density at radius 2 is 1.79 bits per heavy atom. The van der Waals surface area contributed by atoms with E-state index >= 15 is 0 Å². The van der Waals surface area contributed by atoms with E-state index in [0.717, 1.165) is 0 Å². The number of aromatic nitrogens is 1. The number of carbonyl (C=O) groups is 3.